The van der Waals surface area contributed by atoms with Crippen molar-refractivity contribution in [2.45, 2.75) is 30.2 Å². The lowest BCUT2D eigenvalue weighted by Crippen LogP contribution is -2.45. The number of rotatable bonds is 7. The summed E-state index contributed by atoms with van der Waals surface area (Å²) < 4.78 is 30.0. The van der Waals surface area contributed by atoms with Crippen LogP contribution in [-0.2, 0) is 19.4 Å². The number of hydrogen-bond donors (Lipinski definition) is 0. The van der Waals surface area contributed by atoms with Crippen LogP contribution in [0.25, 0.3) is 0 Å². The Kier molecular flexibility index (Phi) is 6.32. The Morgan fingerprint density at radius 3 is 2.65 bits per heavy atom. The molecule has 144 valence electrons. The van der Waals surface area contributed by atoms with E-state index < -0.39 is 9.84 Å². The van der Waals surface area contributed by atoms with Gasteiger partial charge < -0.3 is 9.64 Å². The van der Waals surface area contributed by atoms with Crippen LogP contribution in [0.4, 0.5) is 0 Å². The zero-order valence-electron chi connectivity index (χ0n) is 15.3. The van der Waals surface area contributed by atoms with Crippen LogP contribution in [0.15, 0.2) is 35.2 Å². The van der Waals surface area contributed by atoms with Crippen LogP contribution < -0.4 is 0 Å². The Morgan fingerprint density at radius 2 is 1.92 bits per heavy atom. The zero-order valence-corrected chi connectivity index (χ0v) is 16.2. The number of benzene rings is 1. The summed E-state index contributed by atoms with van der Waals surface area (Å²) in [6.45, 7) is 4.03. The molecule has 3 fully saturated rings. The molecule has 3 heterocycles. The molecule has 0 spiro atoms. The third-order valence-electron chi connectivity index (χ3n) is 5.45. The average Bonchev–Trinajstić information content (AvgIpc) is 2.97. The van der Waals surface area contributed by atoms with Gasteiger partial charge in [0.1, 0.15) is 0 Å². The van der Waals surface area contributed by atoms with Crippen LogP contribution in [0.1, 0.15) is 19.3 Å². The normalized spacial score (nSPS) is 23.8. The first-order valence-electron chi connectivity index (χ1n) is 9.28. The van der Waals surface area contributed by atoms with E-state index in [1.54, 1.807) is 37.4 Å². The van der Waals surface area contributed by atoms with Crippen LogP contribution in [0.2, 0.25) is 0 Å². The predicted molar refractivity (Wildman–Crippen MR) is 99.7 cm³/mol. The molecule has 2 bridgehead atoms. The SMILES string of the molecule is COCCN1C[C@H]2CC[C@@H]1CN(C(=O)CCS(=O)(=O)c1ccccc1)C2. The number of methoxy groups -OCH3 is 1. The summed E-state index contributed by atoms with van der Waals surface area (Å²) in [7, 11) is -1.70. The Morgan fingerprint density at radius 1 is 1.15 bits per heavy atom. The van der Waals surface area contributed by atoms with E-state index in [-0.39, 0.29) is 23.0 Å². The van der Waals surface area contributed by atoms with E-state index in [9.17, 15) is 13.2 Å². The minimum atomic E-state index is -3.41. The van der Waals surface area contributed by atoms with E-state index >= 15 is 0 Å². The number of nitrogens with zero attached hydrogens (tertiary/aromatic N) is 2. The third kappa shape index (κ3) is 4.64. The maximum Gasteiger partial charge on any atom is 0.223 e. The van der Waals surface area contributed by atoms with Gasteiger partial charge in [0.2, 0.25) is 5.91 Å². The maximum absolute atomic E-state index is 12.7. The highest BCUT2D eigenvalue weighted by Crippen LogP contribution is 2.28. The number of carbonyl (C=O) groups is 1. The summed E-state index contributed by atoms with van der Waals surface area (Å²) in [6, 6.07) is 8.72. The van der Waals surface area contributed by atoms with Gasteiger partial charge in [-0.2, -0.15) is 0 Å². The van der Waals surface area contributed by atoms with Gasteiger partial charge in [0.15, 0.2) is 9.84 Å². The Hall–Kier alpha value is -1.44. The molecule has 1 aromatic rings. The lowest BCUT2D eigenvalue weighted by molar-refractivity contribution is -0.131. The van der Waals surface area contributed by atoms with Gasteiger partial charge in [-0.3, -0.25) is 9.69 Å². The molecule has 3 aliphatic rings. The van der Waals surface area contributed by atoms with Gasteiger partial charge in [0, 0.05) is 45.8 Å². The molecule has 3 saturated heterocycles. The van der Waals surface area contributed by atoms with E-state index in [0.29, 0.717) is 25.1 Å². The molecule has 26 heavy (non-hydrogen) atoms. The number of fused-ring (bicyclic) bond motifs is 4. The second kappa shape index (κ2) is 8.50. The number of amides is 1. The maximum atomic E-state index is 12.7. The van der Waals surface area contributed by atoms with E-state index in [2.05, 4.69) is 4.90 Å². The van der Waals surface area contributed by atoms with Crippen molar-refractivity contribution in [1.82, 2.24) is 9.80 Å². The minimum absolute atomic E-state index is 0.0463. The van der Waals surface area contributed by atoms with Crippen molar-refractivity contribution in [3.63, 3.8) is 0 Å². The topological polar surface area (TPSA) is 66.9 Å². The van der Waals surface area contributed by atoms with E-state index in [1.165, 1.54) is 0 Å². The smallest absolute Gasteiger partial charge is 0.223 e. The highest BCUT2D eigenvalue weighted by Gasteiger charge is 2.36. The summed E-state index contributed by atoms with van der Waals surface area (Å²) in [5.41, 5.74) is 0. The van der Waals surface area contributed by atoms with Crippen molar-refractivity contribution in [3.8, 4) is 0 Å². The third-order valence-corrected chi connectivity index (χ3v) is 7.18. The van der Waals surface area contributed by atoms with Crippen LogP contribution in [-0.4, -0.2) is 75.8 Å². The first kappa shape index (κ1) is 19.3. The van der Waals surface area contributed by atoms with Gasteiger partial charge >= 0.3 is 0 Å². The van der Waals surface area contributed by atoms with Crippen molar-refractivity contribution in [2.75, 3.05) is 45.6 Å². The number of ether oxygens (including phenoxy) is 1. The monoisotopic (exact) mass is 380 g/mol. The second-order valence-electron chi connectivity index (χ2n) is 7.27. The molecule has 7 heteroatoms. The highest BCUT2D eigenvalue weighted by atomic mass is 32.2. The molecule has 1 aromatic carbocycles. The lowest BCUT2D eigenvalue weighted by atomic mass is 9.95. The zero-order chi connectivity index (χ0) is 18.6. The molecule has 0 aliphatic carbocycles. The lowest BCUT2D eigenvalue weighted by Gasteiger charge is -2.35. The van der Waals surface area contributed by atoms with Gasteiger partial charge in [0.05, 0.1) is 17.3 Å². The van der Waals surface area contributed by atoms with Crippen molar-refractivity contribution < 1.29 is 17.9 Å². The van der Waals surface area contributed by atoms with Gasteiger partial charge in [-0.25, -0.2) is 8.42 Å². The molecule has 0 unspecified atom stereocenters. The van der Waals surface area contributed by atoms with Crippen LogP contribution in [0, 0.1) is 5.92 Å². The molecule has 0 radical (unpaired) electrons. The van der Waals surface area contributed by atoms with Gasteiger partial charge in [0.25, 0.3) is 0 Å². The highest BCUT2D eigenvalue weighted by molar-refractivity contribution is 7.91. The summed E-state index contributed by atoms with van der Waals surface area (Å²) in [4.78, 5) is 17.3. The molecule has 6 nitrogen and oxygen atoms in total. The molecular formula is C19H28N2O4S. The minimum Gasteiger partial charge on any atom is -0.383 e. The van der Waals surface area contributed by atoms with Crippen molar-refractivity contribution in [2.24, 2.45) is 5.92 Å². The van der Waals surface area contributed by atoms with Crippen LogP contribution in [0.5, 0.6) is 0 Å². The largest absolute Gasteiger partial charge is 0.383 e. The summed E-state index contributed by atoms with van der Waals surface area (Å²) >= 11 is 0. The summed E-state index contributed by atoms with van der Waals surface area (Å²) in [5.74, 6) is 0.296. The standard InChI is InChI=1S/C19H28N2O4S/c1-25-11-10-20-13-16-7-8-17(20)15-21(14-16)19(22)9-12-26(23,24)18-5-3-2-4-6-18/h2-6,16-17H,7-15H2,1H3/t16-,17-/m1/s1. The fraction of sp³-hybridized carbons (Fsp3) is 0.632. The van der Waals surface area contributed by atoms with E-state index in [1.807, 2.05) is 4.90 Å². The molecule has 0 N–H and O–H groups in total. The predicted octanol–water partition coefficient (Wildman–Crippen LogP) is 1.42. The number of carbonyl (C=O) groups excluding carboxylic acids is 1. The fourth-order valence-corrected chi connectivity index (χ4v) is 5.24. The van der Waals surface area contributed by atoms with Crippen molar-refractivity contribution >= 4 is 15.7 Å². The number of piperidine rings is 1. The Labute approximate surface area is 156 Å². The molecule has 3 aliphatic heterocycles. The van der Waals surface area contributed by atoms with Crippen molar-refractivity contribution in [3.05, 3.63) is 30.3 Å². The molecule has 1 amide bonds. The van der Waals surface area contributed by atoms with Crippen molar-refractivity contribution in [1.29, 1.82) is 0 Å². The van der Waals surface area contributed by atoms with Gasteiger partial charge in [-0.15, -0.1) is 0 Å². The second-order valence-corrected chi connectivity index (χ2v) is 9.37. The molecule has 0 aromatic heterocycles. The number of sulfone groups is 1. The Bertz CT molecular complexity index is 708. The average molecular weight is 381 g/mol. The first-order valence-corrected chi connectivity index (χ1v) is 10.9. The van der Waals surface area contributed by atoms with E-state index in [0.717, 1.165) is 32.5 Å². The van der Waals surface area contributed by atoms with E-state index in [4.69, 9.17) is 4.74 Å². The first-order chi connectivity index (χ1) is 12.5. The quantitative estimate of drug-likeness (QED) is 0.716. The van der Waals surface area contributed by atoms with Gasteiger partial charge in [-0.1, -0.05) is 18.2 Å². The van der Waals surface area contributed by atoms with Crippen LogP contribution in [0.3, 0.4) is 0 Å². The number of hydrogen-bond acceptors (Lipinski definition) is 5. The molecular weight excluding hydrogens is 352 g/mol. The molecule has 0 saturated carbocycles. The molecule has 2 atom stereocenters. The summed E-state index contributed by atoms with van der Waals surface area (Å²) in [5, 5.41) is 0. The fourth-order valence-electron chi connectivity index (χ4n) is 3.99. The Balaban J connectivity index is 1.59. The summed E-state index contributed by atoms with van der Waals surface area (Å²) in [6.07, 6.45) is 2.29. The van der Waals surface area contributed by atoms with Crippen LogP contribution >= 0.6 is 0 Å². The molecule has 4 rings (SSSR count). The van der Waals surface area contributed by atoms with Gasteiger partial charge in [-0.05, 0) is 30.9 Å².